The summed E-state index contributed by atoms with van der Waals surface area (Å²) in [7, 11) is 1.58. The van der Waals surface area contributed by atoms with E-state index < -0.39 is 4.92 Å². The minimum absolute atomic E-state index is 0.0269. The summed E-state index contributed by atoms with van der Waals surface area (Å²) in [6, 6.07) is 11.8. The number of carbonyl (C=O) groups is 1. The number of non-ortho nitro benzene ring substituents is 1. The number of nitrogens with one attached hydrogen (secondary N) is 2. The molecule has 0 atom stereocenters. The third-order valence-corrected chi connectivity index (χ3v) is 3.72. The maximum Gasteiger partial charge on any atom is 0.270 e. The van der Waals surface area contributed by atoms with Crippen LogP contribution in [0.15, 0.2) is 46.9 Å². The fourth-order valence-corrected chi connectivity index (χ4v) is 2.43. The van der Waals surface area contributed by atoms with Gasteiger partial charge in [0.1, 0.15) is 0 Å². The molecule has 0 saturated carbocycles. The van der Waals surface area contributed by atoms with Gasteiger partial charge in [0.15, 0.2) is 0 Å². The van der Waals surface area contributed by atoms with Crippen LogP contribution in [-0.4, -0.2) is 17.9 Å². The lowest BCUT2D eigenvalue weighted by atomic mass is 10.1. The molecule has 0 aliphatic rings. The van der Waals surface area contributed by atoms with Crippen LogP contribution < -0.4 is 10.6 Å². The Bertz CT molecular complexity index is 719. The molecule has 2 rings (SSSR count). The first-order chi connectivity index (χ1) is 10.5. The van der Waals surface area contributed by atoms with Gasteiger partial charge in [-0.05, 0) is 39.7 Å². The van der Waals surface area contributed by atoms with E-state index in [4.69, 9.17) is 0 Å². The summed E-state index contributed by atoms with van der Waals surface area (Å²) in [5.74, 6) is -0.140. The van der Waals surface area contributed by atoms with Gasteiger partial charge in [0.05, 0.1) is 4.92 Å². The maximum absolute atomic E-state index is 11.6. The van der Waals surface area contributed by atoms with E-state index in [1.165, 1.54) is 12.1 Å². The lowest BCUT2D eigenvalue weighted by molar-refractivity contribution is -0.384. The normalized spacial score (nSPS) is 10.1. The van der Waals surface area contributed by atoms with Crippen LogP contribution in [0.25, 0.3) is 0 Å². The summed E-state index contributed by atoms with van der Waals surface area (Å²) < 4.78 is 0.615. The predicted octanol–water partition coefficient (Wildman–Crippen LogP) is 3.33. The average molecular weight is 364 g/mol. The molecule has 0 radical (unpaired) electrons. The van der Waals surface area contributed by atoms with Crippen molar-refractivity contribution in [2.75, 3.05) is 12.4 Å². The summed E-state index contributed by atoms with van der Waals surface area (Å²) in [6.07, 6.45) is 0. The molecular weight excluding hydrogens is 350 g/mol. The SMILES string of the molecule is CNC(=O)c1cccc(CNc2ccc([N+](=O)[O-])cc2Br)c1. The van der Waals surface area contributed by atoms with Crippen molar-refractivity contribution >= 4 is 33.2 Å². The van der Waals surface area contributed by atoms with Crippen molar-refractivity contribution in [2.45, 2.75) is 6.54 Å². The molecule has 22 heavy (non-hydrogen) atoms. The zero-order chi connectivity index (χ0) is 16.1. The summed E-state index contributed by atoms with van der Waals surface area (Å²) in [4.78, 5) is 21.8. The molecule has 1 amide bonds. The van der Waals surface area contributed by atoms with Gasteiger partial charge < -0.3 is 10.6 Å². The highest BCUT2D eigenvalue weighted by atomic mass is 79.9. The maximum atomic E-state index is 11.6. The minimum Gasteiger partial charge on any atom is -0.380 e. The van der Waals surface area contributed by atoms with E-state index in [1.54, 1.807) is 25.2 Å². The van der Waals surface area contributed by atoms with E-state index >= 15 is 0 Å². The first-order valence-electron chi connectivity index (χ1n) is 6.50. The minimum atomic E-state index is -0.443. The second-order valence-electron chi connectivity index (χ2n) is 4.55. The van der Waals surface area contributed by atoms with Crippen molar-refractivity contribution in [2.24, 2.45) is 0 Å². The standard InChI is InChI=1S/C15H14BrN3O3/c1-17-15(20)11-4-2-3-10(7-11)9-18-14-6-5-12(19(21)22)8-13(14)16/h2-8,18H,9H2,1H3,(H,17,20). The van der Waals surface area contributed by atoms with Crippen LogP contribution in [0, 0.1) is 10.1 Å². The largest absolute Gasteiger partial charge is 0.380 e. The number of benzene rings is 2. The molecule has 2 aromatic carbocycles. The highest BCUT2D eigenvalue weighted by Gasteiger charge is 2.09. The summed E-state index contributed by atoms with van der Waals surface area (Å²) in [5, 5.41) is 16.5. The highest BCUT2D eigenvalue weighted by Crippen LogP contribution is 2.27. The fourth-order valence-electron chi connectivity index (χ4n) is 1.93. The van der Waals surface area contributed by atoms with Gasteiger partial charge in [-0.25, -0.2) is 0 Å². The average Bonchev–Trinajstić information content (AvgIpc) is 2.53. The molecule has 0 aliphatic heterocycles. The number of nitrogens with zero attached hydrogens (tertiary/aromatic N) is 1. The van der Waals surface area contributed by atoms with E-state index in [9.17, 15) is 14.9 Å². The smallest absolute Gasteiger partial charge is 0.270 e. The Labute approximate surface area is 135 Å². The summed E-state index contributed by atoms with van der Waals surface area (Å²) >= 11 is 3.31. The van der Waals surface area contributed by atoms with Crippen LogP contribution in [0.1, 0.15) is 15.9 Å². The number of nitro groups is 1. The molecule has 0 unspecified atom stereocenters. The zero-order valence-electron chi connectivity index (χ0n) is 11.8. The van der Waals surface area contributed by atoms with Crippen molar-refractivity contribution < 1.29 is 9.72 Å². The number of rotatable bonds is 5. The third kappa shape index (κ3) is 3.82. The second kappa shape index (κ2) is 7.04. The van der Waals surface area contributed by atoms with Crippen molar-refractivity contribution in [3.8, 4) is 0 Å². The molecule has 7 heteroatoms. The predicted molar refractivity (Wildman–Crippen MR) is 88.0 cm³/mol. The fraction of sp³-hybridized carbons (Fsp3) is 0.133. The van der Waals surface area contributed by atoms with E-state index in [0.29, 0.717) is 16.6 Å². The van der Waals surface area contributed by atoms with Crippen LogP contribution in [0.2, 0.25) is 0 Å². The quantitative estimate of drug-likeness (QED) is 0.630. The topological polar surface area (TPSA) is 84.3 Å². The summed E-state index contributed by atoms with van der Waals surface area (Å²) in [6.45, 7) is 0.501. The van der Waals surface area contributed by atoms with Crippen molar-refractivity contribution in [1.82, 2.24) is 5.32 Å². The molecular formula is C15H14BrN3O3. The van der Waals surface area contributed by atoms with E-state index in [-0.39, 0.29) is 11.6 Å². The first-order valence-corrected chi connectivity index (χ1v) is 7.29. The van der Waals surface area contributed by atoms with Gasteiger partial charge in [-0.3, -0.25) is 14.9 Å². The van der Waals surface area contributed by atoms with Crippen molar-refractivity contribution in [3.63, 3.8) is 0 Å². The molecule has 0 fully saturated rings. The number of halogens is 1. The highest BCUT2D eigenvalue weighted by molar-refractivity contribution is 9.10. The van der Waals surface area contributed by atoms with Crippen LogP contribution in [0.4, 0.5) is 11.4 Å². The van der Waals surface area contributed by atoms with Gasteiger partial charge in [0.2, 0.25) is 0 Å². The molecule has 2 N–H and O–H groups in total. The Hall–Kier alpha value is -2.41. The molecule has 114 valence electrons. The van der Waals surface area contributed by atoms with Crippen LogP contribution in [0.5, 0.6) is 0 Å². The lowest BCUT2D eigenvalue weighted by Crippen LogP contribution is -2.18. The molecule has 0 heterocycles. The Morgan fingerprint density at radius 2 is 2.05 bits per heavy atom. The van der Waals surface area contributed by atoms with Crippen LogP contribution >= 0.6 is 15.9 Å². The molecule has 0 aromatic heterocycles. The third-order valence-electron chi connectivity index (χ3n) is 3.06. The number of amides is 1. The molecule has 0 bridgehead atoms. The van der Waals surface area contributed by atoms with E-state index in [1.807, 2.05) is 12.1 Å². The molecule has 0 spiro atoms. The number of nitro benzene ring substituents is 1. The number of carbonyl (C=O) groups excluding carboxylic acids is 1. The number of anilines is 1. The van der Waals surface area contributed by atoms with E-state index in [2.05, 4.69) is 26.6 Å². The second-order valence-corrected chi connectivity index (χ2v) is 5.41. The van der Waals surface area contributed by atoms with Gasteiger partial charge in [-0.2, -0.15) is 0 Å². The van der Waals surface area contributed by atoms with Gasteiger partial charge in [0, 0.05) is 41.4 Å². The Morgan fingerprint density at radius 1 is 1.27 bits per heavy atom. The Kier molecular flexibility index (Phi) is 5.11. The molecule has 0 saturated heterocycles. The monoisotopic (exact) mass is 363 g/mol. The number of hydrogen-bond acceptors (Lipinski definition) is 4. The van der Waals surface area contributed by atoms with Gasteiger partial charge in [-0.1, -0.05) is 12.1 Å². The summed E-state index contributed by atoms with van der Waals surface area (Å²) in [5.41, 5.74) is 2.30. The first kappa shape index (κ1) is 16.0. The van der Waals surface area contributed by atoms with Crippen LogP contribution in [-0.2, 0) is 6.54 Å². The number of hydrogen-bond donors (Lipinski definition) is 2. The van der Waals surface area contributed by atoms with Crippen molar-refractivity contribution in [1.29, 1.82) is 0 Å². The zero-order valence-corrected chi connectivity index (χ0v) is 13.4. The van der Waals surface area contributed by atoms with Gasteiger partial charge in [0.25, 0.3) is 11.6 Å². The van der Waals surface area contributed by atoms with E-state index in [0.717, 1.165) is 11.3 Å². The Morgan fingerprint density at radius 3 is 2.68 bits per heavy atom. The van der Waals surface area contributed by atoms with Gasteiger partial charge >= 0.3 is 0 Å². The molecule has 6 nitrogen and oxygen atoms in total. The Balaban J connectivity index is 2.10. The molecule has 2 aromatic rings. The van der Waals surface area contributed by atoms with Crippen molar-refractivity contribution in [3.05, 3.63) is 68.2 Å². The molecule has 0 aliphatic carbocycles. The lowest BCUT2D eigenvalue weighted by Gasteiger charge is -2.09. The van der Waals surface area contributed by atoms with Gasteiger partial charge in [-0.15, -0.1) is 0 Å². The van der Waals surface area contributed by atoms with Crippen LogP contribution in [0.3, 0.4) is 0 Å².